The SMILES string of the molecule is CCCc1cc(C(F)(F)F)ccc1OCCCOc1ccc2c(c1)CC[C@H]2CC(=O)O. The molecule has 2 aromatic carbocycles. The molecule has 1 N–H and O–H groups in total. The number of rotatable bonds is 10. The van der Waals surface area contributed by atoms with E-state index in [1.54, 1.807) is 0 Å². The molecule has 0 spiro atoms. The van der Waals surface area contributed by atoms with Gasteiger partial charge < -0.3 is 14.6 Å². The third-order valence-electron chi connectivity index (χ3n) is 5.46. The van der Waals surface area contributed by atoms with Gasteiger partial charge in [0.15, 0.2) is 0 Å². The predicted octanol–water partition coefficient (Wildman–Crippen LogP) is 6.01. The standard InChI is InChI=1S/C24H27F3O4/c1-2-4-18-13-19(24(25,26)27)7-10-22(18)31-12-3-11-30-20-8-9-21-16(14-20)5-6-17(21)15-23(28)29/h7-10,13-14,17H,2-6,11-12,15H2,1H3,(H,28,29)/t17-/m0/s1. The molecule has 2 aromatic rings. The van der Waals surface area contributed by atoms with Crippen LogP contribution in [0.25, 0.3) is 0 Å². The summed E-state index contributed by atoms with van der Waals surface area (Å²) in [5.41, 5.74) is 2.12. The first kappa shape index (κ1) is 23.0. The Bertz CT molecular complexity index is 908. The monoisotopic (exact) mass is 436 g/mol. The number of ether oxygens (including phenoxy) is 2. The molecule has 4 nitrogen and oxygen atoms in total. The van der Waals surface area contributed by atoms with Crippen LogP contribution in [0.1, 0.15) is 60.8 Å². The van der Waals surface area contributed by atoms with Crippen molar-refractivity contribution in [3.63, 3.8) is 0 Å². The van der Waals surface area contributed by atoms with Crippen LogP contribution in [0.2, 0.25) is 0 Å². The van der Waals surface area contributed by atoms with E-state index in [-0.39, 0.29) is 12.3 Å². The van der Waals surface area contributed by atoms with E-state index in [4.69, 9.17) is 14.6 Å². The fraction of sp³-hybridized carbons (Fsp3) is 0.458. The number of hydrogen-bond donors (Lipinski definition) is 1. The highest BCUT2D eigenvalue weighted by molar-refractivity contribution is 5.68. The summed E-state index contributed by atoms with van der Waals surface area (Å²) < 4.78 is 50.3. The Labute approximate surface area is 180 Å². The first-order valence-corrected chi connectivity index (χ1v) is 10.6. The van der Waals surface area contributed by atoms with Gasteiger partial charge in [-0.1, -0.05) is 19.4 Å². The average Bonchev–Trinajstić information content (AvgIpc) is 3.09. The molecule has 0 aliphatic heterocycles. The Morgan fingerprint density at radius 1 is 1.13 bits per heavy atom. The van der Waals surface area contributed by atoms with Crippen molar-refractivity contribution in [3.05, 3.63) is 58.7 Å². The molecule has 0 fully saturated rings. The van der Waals surface area contributed by atoms with Crippen LogP contribution in [-0.4, -0.2) is 24.3 Å². The highest BCUT2D eigenvalue weighted by atomic mass is 19.4. The number of hydrogen-bond acceptors (Lipinski definition) is 3. The highest BCUT2D eigenvalue weighted by Crippen LogP contribution is 2.37. The van der Waals surface area contributed by atoms with Crippen molar-refractivity contribution in [2.75, 3.05) is 13.2 Å². The van der Waals surface area contributed by atoms with E-state index in [1.807, 2.05) is 25.1 Å². The van der Waals surface area contributed by atoms with Gasteiger partial charge in [-0.05, 0) is 72.2 Å². The van der Waals surface area contributed by atoms with Crippen molar-refractivity contribution in [2.45, 2.75) is 57.5 Å². The summed E-state index contributed by atoms with van der Waals surface area (Å²) in [6.45, 7) is 2.67. The van der Waals surface area contributed by atoms with Gasteiger partial charge in [0.05, 0.1) is 25.2 Å². The molecule has 0 bridgehead atoms. The third kappa shape index (κ3) is 6.15. The summed E-state index contributed by atoms with van der Waals surface area (Å²) in [6, 6.07) is 9.37. The topological polar surface area (TPSA) is 55.8 Å². The van der Waals surface area contributed by atoms with Gasteiger partial charge in [-0.15, -0.1) is 0 Å². The molecule has 3 rings (SSSR count). The van der Waals surface area contributed by atoms with E-state index >= 15 is 0 Å². The molecule has 0 heterocycles. The second-order valence-corrected chi connectivity index (χ2v) is 7.81. The van der Waals surface area contributed by atoms with E-state index in [9.17, 15) is 18.0 Å². The summed E-state index contributed by atoms with van der Waals surface area (Å²) >= 11 is 0. The number of alkyl halides is 3. The van der Waals surface area contributed by atoms with Gasteiger partial charge in [-0.2, -0.15) is 13.2 Å². The van der Waals surface area contributed by atoms with Gasteiger partial charge in [0.2, 0.25) is 0 Å². The molecule has 0 unspecified atom stereocenters. The van der Waals surface area contributed by atoms with E-state index in [1.165, 1.54) is 6.07 Å². The Hall–Kier alpha value is -2.70. The number of carboxylic acids is 1. The Kier molecular flexibility index (Phi) is 7.46. The summed E-state index contributed by atoms with van der Waals surface area (Å²) in [5, 5.41) is 9.01. The van der Waals surface area contributed by atoms with Crippen molar-refractivity contribution in [2.24, 2.45) is 0 Å². The van der Waals surface area contributed by atoms with Crippen LogP contribution in [0.15, 0.2) is 36.4 Å². The second-order valence-electron chi connectivity index (χ2n) is 7.81. The predicted molar refractivity (Wildman–Crippen MR) is 111 cm³/mol. The number of halogens is 3. The number of fused-ring (bicyclic) bond motifs is 1. The summed E-state index contributed by atoms with van der Waals surface area (Å²) in [5.74, 6) is 0.497. The lowest BCUT2D eigenvalue weighted by Crippen LogP contribution is -2.09. The molecule has 168 valence electrons. The lowest BCUT2D eigenvalue weighted by molar-refractivity contribution is -0.138. The average molecular weight is 436 g/mol. The Morgan fingerprint density at radius 2 is 1.90 bits per heavy atom. The Balaban J connectivity index is 1.49. The van der Waals surface area contributed by atoms with Crippen LogP contribution in [0.4, 0.5) is 13.2 Å². The van der Waals surface area contributed by atoms with Crippen LogP contribution < -0.4 is 9.47 Å². The summed E-state index contributed by atoms with van der Waals surface area (Å²) in [4.78, 5) is 11.0. The lowest BCUT2D eigenvalue weighted by atomic mass is 9.98. The summed E-state index contributed by atoms with van der Waals surface area (Å²) in [7, 11) is 0. The number of benzene rings is 2. The first-order chi connectivity index (χ1) is 14.8. The molecular formula is C24H27F3O4. The van der Waals surface area contributed by atoms with Crippen molar-refractivity contribution in [1.82, 2.24) is 0 Å². The van der Waals surface area contributed by atoms with Crippen LogP contribution >= 0.6 is 0 Å². The first-order valence-electron chi connectivity index (χ1n) is 10.6. The van der Waals surface area contributed by atoms with Crippen LogP contribution in [0.3, 0.4) is 0 Å². The van der Waals surface area contributed by atoms with Gasteiger partial charge in [-0.25, -0.2) is 0 Å². The zero-order valence-electron chi connectivity index (χ0n) is 17.5. The number of carboxylic acid groups (broad SMARTS) is 1. The van der Waals surface area contributed by atoms with Crippen LogP contribution in [0, 0.1) is 0 Å². The molecule has 1 aliphatic rings. The van der Waals surface area contributed by atoms with Gasteiger partial charge in [0, 0.05) is 6.42 Å². The minimum Gasteiger partial charge on any atom is -0.493 e. The molecule has 1 aliphatic carbocycles. The maximum Gasteiger partial charge on any atom is 0.416 e. The van der Waals surface area contributed by atoms with Gasteiger partial charge >= 0.3 is 12.1 Å². The smallest absolute Gasteiger partial charge is 0.416 e. The summed E-state index contributed by atoms with van der Waals surface area (Å²) in [6.07, 6.45) is -0.688. The van der Waals surface area contributed by atoms with Gasteiger partial charge in [0.25, 0.3) is 0 Å². The zero-order chi connectivity index (χ0) is 22.4. The molecule has 31 heavy (non-hydrogen) atoms. The third-order valence-corrected chi connectivity index (χ3v) is 5.46. The van der Waals surface area contributed by atoms with Crippen molar-refractivity contribution in [1.29, 1.82) is 0 Å². The van der Waals surface area contributed by atoms with E-state index in [2.05, 4.69) is 0 Å². The fourth-order valence-corrected chi connectivity index (χ4v) is 3.99. The van der Waals surface area contributed by atoms with Crippen molar-refractivity contribution >= 4 is 5.97 Å². The van der Waals surface area contributed by atoms with Crippen LogP contribution in [-0.2, 0) is 23.8 Å². The van der Waals surface area contributed by atoms with E-state index in [0.29, 0.717) is 37.4 Å². The lowest BCUT2D eigenvalue weighted by Gasteiger charge is -2.15. The quantitative estimate of drug-likeness (QED) is 0.464. The van der Waals surface area contributed by atoms with E-state index in [0.717, 1.165) is 48.3 Å². The molecule has 0 radical (unpaired) electrons. The fourth-order valence-electron chi connectivity index (χ4n) is 3.99. The van der Waals surface area contributed by atoms with Gasteiger partial charge in [0.1, 0.15) is 11.5 Å². The zero-order valence-corrected chi connectivity index (χ0v) is 17.5. The van der Waals surface area contributed by atoms with E-state index < -0.39 is 17.7 Å². The molecule has 1 atom stereocenters. The van der Waals surface area contributed by atoms with Crippen molar-refractivity contribution in [3.8, 4) is 11.5 Å². The molecule has 7 heteroatoms. The highest BCUT2D eigenvalue weighted by Gasteiger charge is 2.31. The van der Waals surface area contributed by atoms with Crippen LogP contribution in [0.5, 0.6) is 11.5 Å². The second kappa shape index (κ2) is 10.1. The minimum atomic E-state index is -4.36. The maximum absolute atomic E-state index is 12.9. The molecule has 0 amide bonds. The van der Waals surface area contributed by atoms with Crippen molar-refractivity contribution < 1.29 is 32.5 Å². The van der Waals surface area contributed by atoms with Gasteiger partial charge in [-0.3, -0.25) is 4.79 Å². The minimum absolute atomic E-state index is 0.0657. The normalized spacial score (nSPS) is 15.5. The maximum atomic E-state index is 12.9. The number of carbonyl (C=O) groups is 1. The number of aliphatic carboxylic acids is 1. The molecular weight excluding hydrogens is 409 g/mol. The Morgan fingerprint density at radius 3 is 2.61 bits per heavy atom. The molecule has 0 aromatic heterocycles. The largest absolute Gasteiger partial charge is 0.493 e. The molecule has 0 saturated heterocycles. The molecule has 0 saturated carbocycles. The number of aryl methyl sites for hydroxylation is 2.